The Bertz CT molecular complexity index is 570. The quantitative estimate of drug-likeness (QED) is 0.806. The monoisotopic (exact) mass is 365 g/mol. The Balaban J connectivity index is 2.26. The highest BCUT2D eigenvalue weighted by atomic mass is 127. The molecule has 0 bridgehead atoms. The van der Waals surface area contributed by atoms with Crippen molar-refractivity contribution in [1.29, 1.82) is 0 Å². The molecule has 2 N–H and O–H groups in total. The van der Waals surface area contributed by atoms with Crippen LogP contribution in [0.15, 0.2) is 42.5 Å². The first-order valence-corrected chi connectivity index (χ1v) is 7.57. The van der Waals surface area contributed by atoms with Gasteiger partial charge in [-0.1, -0.05) is 30.3 Å². The Morgan fingerprint density at radius 1 is 1.00 bits per heavy atom. The van der Waals surface area contributed by atoms with Crippen molar-refractivity contribution in [3.63, 3.8) is 0 Å². The molecule has 0 aliphatic heterocycles. The number of benzene rings is 2. The van der Waals surface area contributed by atoms with Gasteiger partial charge in [0.2, 0.25) is 0 Å². The molecule has 0 amide bonds. The van der Waals surface area contributed by atoms with Gasteiger partial charge >= 0.3 is 0 Å². The Labute approximate surface area is 129 Å². The smallest absolute Gasteiger partial charge is 0.0421 e. The van der Waals surface area contributed by atoms with Crippen LogP contribution in [0.2, 0.25) is 0 Å². The second-order valence-corrected chi connectivity index (χ2v) is 6.77. The molecule has 0 spiro atoms. The van der Waals surface area contributed by atoms with Gasteiger partial charge in [0.25, 0.3) is 0 Å². The van der Waals surface area contributed by atoms with E-state index in [2.05, 4.69) is 85.8 Å². The standard InChI is InChI=1S/C17H20IN/c1-12-4-7-15(10-13(12)2)17(3,19)11-14-5-8-16(18)9-6-14/h4-10H,11,19H2,1-3H3. The third-order valence-electron chi connectivity index (χ3n) is 3.65. The summed E-state index contributed by atoms with van der Waals surface area (Å²) in [6.45, 7) is 6.38. The van der Waals surface area contributed by atoms with Gasteiger partial charge in [-0.2, -0.15) is 0 Å². The van der Waals surface area contributed by atoms with Crippen LogP contribution in [0.25, 0.3) is 0 Å². The number of hydrogen-bond acceptors (Lipinski definition) is 1. The number of halogens is 1. The first kappa shape index (κ1) is 14.5. The van der Waals surface area contributed by atoms with Crippen molar-refractivity contribution in [2.24, 2.45) is 5.73 Å². The molecule has 2 aromatic rings. The van der Waals surface area contributed by atoms with Gasteiger partial charge in [0.15, 0.2) is 0 Å². The average Bonchev–Trinajstić information content (AvgIpc) is 2.35. The summed E-state index contributed by atoms with van der Waals surface area (Å²) in [7, 11) is 0. The lowest BCUT2D eigenvalue weighted by molar-refractivity contribution is 0.491. The van der Waals surface area contributed by atoms with Gasteiger partial charge in [0, 0.05) is 9.11 Å². The maximum atomic E-state index is 6.53. The highest BCUT2D eigenvalue weighted by Gasteiger charge is 2.22. The van der Waals surface area contributed by atoms with E-state index in [1.807, 2.05) is 0 Å². The van der Waals surface area contributed by atoms with Crippen LogP contribution < -0.4 is 5.73 Å². The molecule has 1 unspecified atom stereocenters. The van der Waals surface area contributed by atoms with Crippen molar-refractivity contribution in [1.82, 2.24) is 0 Å². The van der Waals surface area contributed by atoms with E-state index >= 15 is 0 Å². The lowest BCUT2D eigenvalue weighted by Crippen LogP contribution is -2.35. The van der Waals surface area contributed by atoms with E-state index in [9.17, 15) is 0 Å². The van der Waals surface area contributed by atoms with Gasteiger partial charge in [-0.3, -0.25) is 0 Å². The summed E-state index contributed by atoms with van der Waals surface area (Å²) in [5.74, 6) is 0. The van der Waals surface area contributed by atoms with Crippen LogP contribution in [-0.4, -0.2) is 0 Å². The van der Waals surface area contributed by atoms with Crippen LogP contribution in [0.4, 0.5) is 0 Å². The van der Waals surface area contributed by atoms with Gasteiger partial charge in [-0.15, -0.1) is 0 Å². The van der Waals surface area contributed by atoms with E-state index in [0.717, 1.165) is 6.42 Å². The Kier molecular flexibility index (Phi) is 4.31. The largest absolute Gasteiger partial charge is 0.321 e. The van der Waals surface area contributed by atoms with Crippen LogP contribution >= 0.6 is 22.6 Å². The predicted molar refractivity (Wildman–Crippen MR) is 90.3 cm³/mol. The highest BCUT2D eigenvalue weighted by Crippen LogP contribution is 2.25. The maximum Gasteiger partial charge on any atom is 0.0421 e. The van der Waals surface area contributed by atoms with Crippen LogP contribution in [0, 0.1) is 17.4 Å². The molecule has 2 aromatic carbocycles. The fraction of sp³-hybridized carbons (Fsp3) is 0.294. The minimum atomic E-state index is -0.328. The molecular formula is C17H20IN. The first-order valence-electron chi connectivity index (χ1n) is 6.49. The summed E-state index contributed by atoms with van der Waals surface area (Å²) in [4.78, 5) is 0. The second kappa shape index (κ2) is 5.63. The Hall–Kier alpha value is -0.870. The van der Waals surface area contributed by atoms with E-state index in [-0.39, 0.29) is 5.54 Å². The average molecular weight is 365 g/mol. The molecule has 2 heteroatoms. The zero-order valence-corrected chi connectivity index (χ0v) is 13.9. The van der Waals surface area contributed by atoms with Crippen LogP contribution in [0.1, 0.15) is 29.2 Å². The number of rotatable bonds is 3. The molecule has 0 saturated carbocycles. The van der Waals surface area contributed by atoms with Crippen LogP contribution in [0.3, 0.4) is 0 Å². The molecule has 2 rings (SSSR count). The van der Waals surface area contributed by atoms with Gasteiger partial charge in [-0.05, 0) is 84.2 Å². The molecule has 0 aliphatic carbocycles. The topological polar surface area (TPSA) is 26.0 Å². The van der Waals surface area contributed by atoms with Crippen molar-refractivity contribution >= 4 is 22.6 Å². The number of aryl methyl sites for hydroxylation is 2. The van der Waals surface area contributed by atoms with E-state index < -0.39 is 0 Å². The molecule has 1 atom stereocenters. The van der Waals surface area contributed by atoms with Crippen molar-refractivity contribution in [3.05, 3.63) is 68.3 Å². The fourth-order valence-corrected chi connectivity index (χ4v) is 2.58. The zero-order chi connectivity index (χ0) is 14.0. The predicted octanol–water partition coefficient (Wildman–Crippen LogP) is 4.32. The van der Waals surface area contributed by atoms with Gasteiger partial charge in [0.05, 0.1) is 0 Å². The SMILES string of the molecule is Cc1ccc(C(C)(N)Cc2ccc(I)cc2)cc1C. The molecule has 1 nitrogen and oxygen atoms in total. The molecule has 0 aromatic heterocycles. The molecule has 19 heavy (non-hydrogen) atoms. The van der Waals surface area contributed by atoms with Gasteiger partial charge < -0.3 is 5.73 Å². The number of nitrogens with two attached hydrogens (primary N) is 1. The minimum absolute atomic E-state index is 0.328. The minimum Gasteiger partial charge on any atom is -0.321 e. The Morgan fingerprint density at radius 3 is 2.21 bits per heavy atom. The van der Waals surface area contributed by atoms with Crippen LogP contribution in [0.5, 0.6) is 0 Å². The van der Waals surface area contributed by atoms with E-state index in [1.54, 1.807) is 0 Å². The summed E-state index contributed by atoms with van der Waals surface area (Å²) in [5, 5.41) is 0. The molecule has 0 saturated heterocycles. The van der Waals surface area contributed by atoms with Crippen molar-refractivity contribution in [2.75, 3.05) is 0 Å². The summed E-state index contributed by atoms with van der Waals surface area (Å²) >= 11 is 2.32. The second-order valence-electron chi connectivity index (χ2n) is 5.52. The summed E-state index contributed by atoms with van der Waals surface area (Å²) in [5.41, 5.74) is 11.3. The van der Waals surface area contributed by atoms with Gasteiger partial charge in [-0.25, -0.2) is 0 Å². The first-order chi connectivity index (χ1) is 8.88. The normalized spacial score (nSPS) is 14.2. The molecule has 0 aliphatic rings. The van der Waals surface area contributed by atoms with Crippen molar-refractivity contribution < 1.29 is 0 Å². The summed E-state index contributed by atoms with van der Waals surface area (Å²) in [6.07, 6.45) is 0.854. The van der Waals surface area contributed by atoms with Crippen molar-refractivity contribution in [3.8, 4) is 0 Å². The summed E-state index contributed by atoms with van der Waals surface area (Å²) in [6, 6.07) is 15.1. The van der Waals surface area contributed by atoms with Crippen molar-refractivity contribution in [2.45, 2.75) is 32.7 Å². The zero-order valence-electron chi connectivity index (χ0n) is 11.7. The van der Waals surface area contributed by atoms with E-state index in [4.69, 9.17) is 5.73 Å². The maximum absolute atomic E-state index is 6.53. The van der Waals surface area contributed by atoms with E-state index in [0.29, 0.717) is 0 Å². The molecule has 100 valence electrons. The van der Waals surface area contributed by atoms with E-state index in [1.165, 1.54) is 25.8 Å². The van der Waals surface area contributed by atoms with Crippen LogP contribution in [-0.2, 0) is 12.0 Å². The summed E-state index contributed by atoms with van der Waals surface area (Å²) < 4.78 is 1.26. The molecule has 0 fully saturated rings. The third-order valence-corrected chi connectivity index (χ3v) is 4.37. The number of hydrogen-bond donors (Lipinski definition) is 1. The lowest BCUT2D eigenvalue weighted by atomic mass is 9.85. The third kappa shape index (κ3) is 3.57. The fourth-order valence-electron chi connectivity index (χ4n) is 2.23. The lowest BCUT2D eigenvalue weighted by Gasteiger charge is -2.26. The Morgan fingerprint density at radius 2 is 1.63 bits per heavy atom. The highest BCUT2D eigenvalue weighted by molar-refractivity contribution is 14.1. The molecule has 0 radical (unpaired) electrons. The molecular weight excluding hydrogens is 345 g/mol. The molecule has 0 heterocycles. The van der Waals surface area contributed by atoms with Gasteiger partial charge in [0.1, 0.15) is 0 Å².